The van der Waals surface area contributed by atoms with Gasteiger partial charge in [0.05, 0.1) is 6.33 Å². The van der Waals surface area contributed by atoms with E-state index in [0.717, 1.165) is 31.5 Å². The van der Waals surface area contributed by atoms with Crippen molar-refractivity contribution in [1.82, 2.24) is 29.5 Å². The lowest BCUT2D eigenvalue weighted by Crippen LogP contribution is -2.57. The van der Waals surface area contributed by atoms with Crippen molar-refractivity contribution in [2.24, 2.45) is 5.92 Å². The minimum Gasteiger partial charge on any atom is -0.348 e. The zero-order valence-electron chi connectivity index (χ0n) is 14.8. The average Bonchev–Trinajstić information content (AvgIpc) is 3.34. The average molecular weight is 356 g/mol. The maximum atomic E-state index is 12.5. The molecule has 0 aliphatic carbocycles. The molecule has 0 radical (unpaired) electrons. The molecule has 2 aliphatic rings. The van der Waals surface area contributed by atoms with Crippen molar-refractivity contribution >= 4 is 11.8 Å². The van der Waals surface area contributed by atoms with Crippen molar-refractivity contribution in [2.75, 3.05) is 19.6 Å². The molecule has 0 spiro atoms. The molecular weight excluding hydrogens is 332 g/mol. The lowest BCUT2D eigenvalue weighted by Gasteiger charge is -2.47. The molecule has 26 heavy (non-hydrogen) atoms. The Morgan fingerprint density at radius 2 is 2.27 bits per heavy atom. The number of hydrogen-bond acceptors (Lipinski definition) is 4. The van der Waals surface area contributed by atoms with E-state index in [0.29, 0.717) is 25.4 Å². The number of nitrogens with zero attached hydrogens (tertiary/aromatic N) is 5. The van der Waals surface area contributed by atoms with Gasteiger partial charge in [0.1, 0.15) is 6.54 Å². The molecule has 2 aliphatic heterocycles. The second kappa shape index (κ2) is 7.31. The van der Waals surface area contributed by atoms with Crippen LogP contribution in [0.15, 0.2) is 31.0 Å². The Labute approximate surface area is 152 Å². The van der Waals surface area contributed by atoms with Crippen LogP contribution in [-0.2, 0) is 22.6 Å². The number of likely N-dealkylation sites (tertiary alicyclic amines) is 2. The number of carbonyl (C=O) groups excluding carboxylic acids is 2. The Bertz CT molecular complexity index is 742. The Morgan fingerprint density at radius 1 is 1.35 bits per heavy atom. The highest BCUT2D eigenvalue weighted by molar-refractivity contribution is 5.78. The molecule has 2 aromatic heterocycles. The molecule has 138 valence electrons. The number of carbonyl (C=O) groups is 2. The largest absolute Gasteiger partial charge is 0.348 e. The monoisotopic (exact) mass is 356 g/mol. The van der Waals surface area contributed by atoms with Crippen molar-refractivity contribution in [3.05, 3.63) is 36.7 Å². The van der Waals surface area contributed by atoms with Crippen LogP contribution >= 0.6 is 0 Å². The normalized spacial score (nSPS) is 23.2. The summed E-state index contributed by atoms with van der Waals surface area (Å²) in [6, 6.07) is 2.07. The van der Waals surface area contributed by atoms with E-state index >= 15 is 0 Å². The van der Waals surface area contributed by atoms with E-state index in [9.17, 15) is 9.59 Å². The number of aromatic nitrogens is 4. The molecule has 1 N–H and O–H groups in total. The van der Waals surface area contributed by atoms with Gasteiger partial charge in [0, 0.05) is 62.8 Å². The molecule has 2 fully saturated rings. The zero-order valence-corrected chi connectivity index (χ0v) is 14.8. The van der Waals surface area contributed by atoms with Crippen LogP contribution in [0.3, 0.4) is 0 Å². The van der Waals surface area contributed by atoms with E-state index in [1.165, 1.54) is 0 Å². The second-order valence-electron chi connectivity index (χ2n) is 7.11. The van der Waals surface area contributed by atoms with Crippen LogP contribution in [0, 0.1) is 5.92 Å². The number of piperidine rings is 2. The van der Waals surface area contributed by atoms with Crippen LogP contribution in [-0.4, -0.2) is 67.0 Å². The summed E-state index contributed by atoms with van der Waals surface area (Å²) < 4.78 is 1.66. The summed E-state index contributed by atoms with van der Waals surface area (Å²) in [7, 11) is 0. The van der Waals surface area contributed by atoms with Gasteiger partial charge in [-0.1, -0.05) is 0 Å². The molecule has 4 rings (SSSR count). The molecule has 0 aromatic carbocycles. The van der Waals surface area contributed by atoms with E-state index in [-0.39, 0.29) is 24.4 Å². The van der Waals surface area contributed by atoms with Gasteiger partial charge in [-0.3, -0.25) is 14.3 Å². The predicted molar refractivity (Wildman–Crippen MR) is 93.9 cm³/mol. The third-order valence-electron chi connectivity index (χ3n) is 5.53. The number of rotatable bonds is 5. The maximum Gasteiger partial charge on any atom is 0.244 e. The molecule has 8 heteroatoms. The number of aromatic amines is 1. The molecule has 0 unspecified atom stereocenters. The van der Waals surface area contributed by atoms with Gasteiger partial charge in [0.25, 0.3) is 0 Å². The van der Waals surface area contributed by atoms with Gasteiger partial charge in [-0.2, -0.15) is 5.10 Å². The Hall–Kier alpha value is -2.64. The fraction of sp³-hybridized carbons (Fsp3) is 0.556. The Kier molecular flexibility index (Phi) is 4.73. The molecule has 4 heterocycles. The zero-order chi connectivity index (χ0) is 17.9. The highest BCUT2D eigenvalue weighted by Crippen LogP contribution is 2.31. The lowest BCUT2D eigenvalue weighted by molar-refractivity contribution is -0.144. The van der Waals surface area contributed by atoms with E-state index in [4.69, 9.17) is 0 Å². The van der Waals surface area contributed by atoms with Crippen LogP contribution in [0.25, 0.3) is 0 Å². The van der Waals surface area contributed by atoms with Crippen LogP contribution in [0.4, 0.5) is 0 Å². The van der Waals surface area contributed by atoms with Gasteiger partial charge in [0.2, 0.25) is 11.8 Å². The molecule has 0 bridgehead atoms. The predicted octanol–water partition coefficient (Wildman–Crippen LogP) is 0.688. The third-order valence-corrected chi connectivity index (χ3v) is 5.53. The number of fused-ring (bicyclic) bond motifs is 1. The summed E-state index contributed by atoms with van der Waals surface area (Å²) in [5.74, 6) is 0.708. The molecule has 2 saturated heterocycles. The highest BCUT2D eigenvalue weighted by atomic mass is 16.2. The SMILES string of the molecule is O=C(Cn1cccn1)N1CC[C@@H]2[C@@H](CCC(=O)N2CCc2cnc[nH]2)C1. The molecular formula is C18H24N6O2. The number of H-pyrrole nitrogens is 1. The van der Waals surface area contributed by atoms with Crippen molar-refractivity contribution in [3.8, 4) is 0 Å². The summed E-state index contributed by atoms with van der Waals surface area (Å²) >= 11 is 0. The van der Waals surface area contributed by atoms with E-state index in [1.807, 2.05) is 22.1 Å². The highest BCUT2D eigenvalue weighted by Gasteiger charge is 2.40. The second-order valence-corrected chi connectivity index (χ2v) is 7.11. The van der Waals surface area contributed by atoms with Gasteiger partial charge < -0.3 is 14.8 Å². The summed E-state index contributed by atoms with van der Waals surface area (Å²) in [6.07, 6.45) is 10.1. The number of imidazole rings is 1. The fourth-order valence-electron chi connectivity index (χ4n) is 4.16. The molecule has 0 saturated carbocycles. The van der Waals surface area contributed by atoms with Crippen molar-refractivity contribution in [3.63, 3.8) is 0 Å². The van der Waals surface area contributed by atoms with Gasteiger partial charge in [-0.25, -0.2) is 4.98 Å². The first-order valence-corrected chi connectivity index (χ1v) is 9.22. The minimum absolute atomic E-state index is 0.105. The smallest absolute Gasteiger partial charge is 0.244 e. The lowest BCUT2D eigenvalue weighted by atomic mass is 9.83. The van der Waals surface area contributed by atoms with E-state index in [2.05, 4.69) is 15.1 Å². The first kappa shape index (κ1) is 16.8. The maximum absolute atomic E-state index is 12.5. The van der Waals surface area contributed by atoms with Crippen LogP contribution in [0.1, 0.15) is 25.0 Å². The van der Waals surface area contributed by atoms with Gasteiger partial charge in [-0.05, 0) is 24.8 Å². The number of nitrogens with one attached hydrogen (secondary N) is 1. The fourth-order valence-corrected chi connectivity index (χ4v) is 4.16. The first-order valence-electron chi connectivity index (χ1n) is 9.22. The first-order chi connectivity index (χ1) is 12.7. The molecule has 2 atom stereocenters. The van der Waals surface area contributed by atoms with Gasteiger partial charge in [0.15, 0.2) is 0 Å². The van der Waals surface area contributed by atoms with Crippen LogP contribution < -0.4 is 0 Å². The molecule has 2 aromatic rings. The Morgan fingerprint density at radius 3 is 3.04 bits per heavy atom. The Balaban J connectivity index is 1.37. The van der Waals surface area contributed by atoms with Crippen LogP contribution in [0.2, 0.25) is 0 Å². The summed E-state index contributed by atoms with van der Waals surface area (Å²) in [4.78, 5) is 36.1. The van der Waals surface area contributed by atoms with Gasteiger partial charge in [-0.15, -0.1) is 0 Å². The van der Waals surface area contributed by atoms with E-state index in [1.54, 1.807) is 23.4 Å². The minimum atomic E-state index is 0.105. The summed E-state index contributed by atoms with van der Waals surface area (Å²) in [5.41, 5.74) is 1.05. The molecule has 8 nitrogen and oxygen atoms in total. The topological polar surface area (TPSA) is 87.1 Å². The van der Waals surface area contributed by atoms with Crippen molar-refractivity contribution in [2.45, 2.75) is 38.3 Å². The van der Waals surface area contributed by atoms with Crippen LogP contribution in [0.5, 0.6) is 0 Å². The number of amides is 2. The summed E-state index contributed by atoms with van der Waals surface area (Å²) in [6.45, 7) is 2.43. The molecule has 2 amide bonds. The summed E-state index contributed by atoms with van der Waals surface area (Å²) in [5, 5.41) is 4.11. The van der Waals surface area contributed by atoms with Crippen molar-refractivity contribution < 1.29 is 9.59 Å². The third kappa shape index (κ3) is 3.49. The van der Waals surface area contributed by atoms with Crippen molar-refractivity contribution in [1.29, 1.82) is 0 Å². The quantitative estimate of drug-likeness (QED) is 0.854. The van der Waals surface area contributed by atoms with E-state index < -0.39 is 0 Å². The number of hydrogen-bond donors (Lipinski definition) is 1. The van der Waals surface area contributed by atoms with Gasteiger partial charge >= 0.3 is 0 Å². The standard InChI is InChI=1S/C18H24N6O2/c25-17-3-2-14-11-22(18(26)12-23-7-1-6-21-23)8-5-16(14)24(17)9-4-15-10-19-13-20-15/h1,6-7,10,13-14,16H,2-5,8-9,11-12H2,(H,19,20)/t14-,16+/m0/s1.